The van der Waals surface area contributed by atoms with Crippen molar-refractivity contribution in [2.75, 3.05) is 6.54 Å². The lowest BCUT2D eigenvalue weighted by atomic mass is 10.0. The molecule has 1 atom stereocenters. The van der Waals surface area contributed by atoms with Crippen LogP contribution >= 0.6 is 15.9 Å². The van der Waals surface area contributed by atoms with E-state index in [1.165, 1.54) is 5.69 Å². The molecule has 4 nitrogen and oxygen atoms in total. The Morgan fingerprint density at radius 2 is 2.25 bits per heavy atom. The first kappa shape index (κ1) is 9.99. The molecule has 0 aliphatic carbocycles. The number of pyridine rings is 1. The molecule has 1 aliphatic rings. The minimum absolute atomic E-state index is 0.114. The van der Waals surface area contributed by atoms with E-state index in [2.05, 4.69) is 36.2 Å². The molecule has 16 heavy (non-hydrogen) atoms. The molecule has 2 N–H and O–H groups in total. The number of nitrogens with zero attached hydrogens (tertiary/aromatic N) is 2. The minimum Gasteiger partial charge on any atom is -0.348 e. The molecule has 82 valence electrons. The smallest absolute Gasteiger partial charge is 0.0943 e. The van der Waals surface area contributed by atoms with Crippen molar-refractivity contribution in [3.63, 3.8) is 0 Å². The van der Waals surface area contributed by atoms with E-state index in [4.69, 9.17) is 0 Å². The van der Waals surface area contributed by atoms with Gasteiger partial charge in [-0.15, -0.1) is 0 Å². The third-order valence-corrected chi connectivity index (χ3v) is 3.26. The van der Waals surface area contributed by atoms with Crippen LogP contribution < -0.4 is 5.32 Å². The number of fused-ring (bicyclic) bond motifs is 1. The minimum atomic E-state index is 0.114. The predicted octanol–water partition coefficient (Wildman–Crippen LogP) is 1.80. The maximum atomic E-state index is 4.42. The SMILES string of the molecule is Brc1ccc(C2NCCc3[nH]cnc32)nc1. The lowest BCUT2D eigenvalue weighted by Gasteiger charge is -2.22. The second-order valence-corrected chi connectivity index (χ2v) is 4.72. The molecule has 3 heterocycles. The largest absolute Gasteiger partial charge is 0.348 e. The Morgan fingerprint density at radius 1 is 1.31 bits per heavy atom. The van der Waals surface area contributed by atoms with Gasteiger partial charge in [0.25, 0.3) is 0 Å². The Hall–Kier alpha value is -1.20. The zero-order valence-electron chi connectivity index (χ0n) is 8.57. The molecule has 5 heteroatoms. The van der Waals surface area contributed by atoms with E-state index in [1.54, 1.807) is 6.33 Å². The molecule has 2 aromatic rings. The Bertz CT molecular complexity index is 491. The fraction of sp³-hybridized carbons (Fsp3) is 0.273. The lowest BCUT2D eigenvalue weighted by molar-refractivity contribution is 0.543. The van der Waals surface area contributed by atoms with Crippen LogP contribution in [-0.4, -0.2) is 21.5 Å². The van der Waals surface area contributed by atoms with Crippen LogP contribution in [0.5, 0.6) is 0 Å². The Balaban J connectivity index is 2.00. The molecule has 0 saturated heterocycles. The van der Waals surface area contributed by atoms with Crippen LogP contribution in [0, 0.1) is 0 Å². The monoisotopic (exact) mass is 278 g/mol. The number of H-pyrrole nitrogens is 1. The first-order chi connectivity index (χ1) is 7.84. The van der Waals surface area contributed by atoms with Crippen molar-refractivity contribution in [3.05, 3.63) is 46.2 Å². The number of nitrogens with one attached hydrogen (secondary N) is 2. The van der Waals surface area contributed by atoms with Gasteiger partial charge in [0.15, 0.2) is 0 Å². The number of hydrogen-bond donors (Lipinski definition) is 2. The molecule has 0 saturated carbocycles. The van der Waals surface area contributed by atoms with E-state index in [0.29, 0.717) is 0 Å². The van der Waals surface area contributed by atoms with Crippen LogP contribution in [0.1, 0.15) is 23.1 Å². The summed E-state index contributed by atoms with van der Waals surface area (Å²) in [5, 5.41) is 3.44. The molecule has 0 radical (unpaired) electrons. The standard InChI is InChI=1S/C11H11BrN4/c12-7-1-2-8(14-5-7)10-11-9(3-4-13-10)15-6-16-11/h1-2,5-6,10,13H,3-4H2,(H,15,16). The highest BCUT2D eigenvalue weighted by Crippen LogP contribution is 2.25. The number of halogens is 1. The van der Waals surface area contributed by atoms with Gasteiger partial charge in [-0.3, -0.25) is 4.98 Å². The Kier molecular flexibility index (Phi) is 2.49. The van der Waals surface area contributed by atoms with E-state index < -0.39 is 0 Å². The van der Waals surface area contributed by atoms with Crippen LogP contribution in [-0.2, 0) is 6.42 Å². The van der Waals surface area contributed by atoms with Crippen molar-refractivity contribution in [1.29, 1.82) is 0 Å². The summed E-state index contributed by atoms with van der Waals surface area (Å²) in [5.74, 6) is 0. The fourth-order valence-electron chi connectivity index (χ4n) is 2.02. The molecular weight excluding hydrogens is 268 g/mol. The molecule has 0 aromatic carbocycles. The third kappa shape index (κ3) is 1.66. The van der Waals surface area contributed by atoms with Gasteiger partial charge >= 0.3 is 0 Å². The van der Waals surface area contributed by atoms with E-state index in [1.807, 2.05) is 18.3 Å². The summed E-state index contributed by atoms with van der Waals surface area (Å²) in [4.78, 5) is 12.0. The van der Waals surface area contributed by atoms with Gasteiger partial charge in [0.2, 0.25) is 0 Å². The third-order valence-electron chi connectivity index (χ3n) is 2.79. The van der Waals surface area contributed by atoms with Crippen LogP contribution in [0.25, 0.3) is 0 Å². The second kappa shape index (κ2) is 3.99. The fourth-order valence-corrected chi connectivity index (χ4v) is 2.26. The highest BCUT2D eigenvalue weighted by atomic mass is 79.9. The molecule has 0 fully saturated rings. The number of aromatic nitrogens is 3. The molecular formula is C11H11BrN4. The highest BCUT2D eigenvalue weighted by molar-refractivity contribution is 9.10. The van der Waals surface area contributed by atoms with Gasteiger partial charge in [-0.05, 0) is 28.1 Å². The summed E-state index contributed by atoms with van der Waals surface area (Å²) in [5.41, 5.74) is 3.30. The van der Waals surface area contributed by atoms with Gasteiger partial charge in [-0.25, -0.2) is 4.98 Å². The average Bonchev–Trinajstić information content (AvgIpc) is 2.78. The van der Waals surface area contributed by atoms with Crippen molar-refractivity contribution in [3.8, 4) is 0 Å². The zero-order chi connectivity index (χ0) is 11.0. The van der Waals surface area contributed by atoms with E-state index in [0.717, 1.165) is 28.8 Å². The number of aromatic amines is 1. The van der Waals surface area contributed by atoms with E-state index in [-0.39, 0.29) is 6.04 Å². The molecule has 0 amide bonds. The van der Waals surface area contributed by atoms with Crippen molar-refractivity contribution >= 4 is 15.9 Å². The summed E-state index contributed by atoms with van der Waals surface area (Å²) in [6, 6.07) is 4.14. The van der Waals surface area contributed by atoms with Crippen molar-refractivity contribution in [2.24, 2.45) is 0 Å². The molecule has 1 unspecified atom stereocenters. The summed E-state index contributed by atoms with van der Waals surface area (Å²) < 4.78 is 0.995. The van der Waals surface area contributed by atoms with Gasteiger partial charge in [0.05, 0.1) is 23.8 Å². The predicted molar refractivity (Wildman–Crippen MR) is 64.1 cm³/mol. The summed E-state index contributed by atoms with van der Waals surface area (Å²) in [7, 11) is 0. The van der Waals surface area contributed by atoms with Gasteiger partial charge < -0.3 is 10.3 Å². The molecule has 3 rings (SSSR count). The maximum Gasteiger partial charge on any atom is 0.0943 e. The summed E-state index contributed by atoms with van der Waals surface area (Å²) in [6.07, 6.45) is 4.57. The summed E-state index contributed by atoms with van der Waals surface area (Å²) >= 11 is 3.39. The topological polar surface area (TPSA) is 53.6 Å². The van der Waals surface area contributed by atoms with Crippen molar-refractivity contribution in [1.82, 2.24) is 20.3 Å². The number of rotatable bonds is 1. The van der Waals surface area contributed by atoms with Gasteiger partial charge in [0.1, 0.15) is 0 Å². The molecule has 1 aliphatic heterocycles. The first-order valence-corrected chi connectivity index (χ1v) is 6.01. The molecule has 0 bridgehead atoms. The van der Waals surface area contributed by atoms with Gasteiger partial charge in [0, 0.05) is 29.3 Å². The lowest BCUT2D eigenvalue weighted by Crippen LogP contribution is -2.31. The number of imidazole rings is 1. The van der Waals surface area contributed by atoms with Crippen molar-refractivity contribution in [2.45, 2.75) is 12.5 Å². The molecule has 0 spiro atoms. The molecule has 2 aromatic heterocycles. The van der Waals surface area contributed by atoms with Gasteiger partial charge in [-0.2, -0.15) is 0 Å². The van der Waals surface area contributed by atoms with E-state index in [9.17, 15) is 0 Å². The maximum absolute atomic E-state index is 4.42. The summed E-state index contributed by atoms with van der Waals surface area (Å²) in [6.45, 7) is 0.956. The van der Waals surface area contributed by atoms with E-state index >= 15 is 0 Å². The van der Waals surface area contributed by atoms with Crippen LogP contribution in [0.2, 0.25) is 0 Å². The Labute approximate surface area is 102 Å². The van der Waals surface area contributed by atoms with Crippen LogP contribution in [0.4, 0.5) is 0 Å². The van der Waals surface area contributed by atoms with Crippen LogP contribution in [0.3, 0.4) is 0 Å². The number of hydrogen-bond acceptors (Lipinski definition) is 3. The first-order valence-electron chi connectivity index (χ1n) is 5.21. The quantitative estimate of drug-likeness (QED) is 0.837. The van der Waals surface area contributed by atoms with Crippen molar-refractivity contribution < 1.29 is 0 Å². The average molecular weight is 279 g/mol. The Morgan fingerprint density at radius 3 is 3.06 bits per heavy atom. The second-order valence-electron chi connectivity index (χ2n) is 3.80. The van der Waals surface area contributed by atoms with Gasteiger partial charge in [-0.1, -0.05) is 0 Å². The highest BCUT2D eigenvalue weighted by Gasteiger charge is 2.24. The normalized spacial score (nSPS) is 19.4. The zero-order valence-corrected chi connectivity index (χ0v) is 10.2. The van der Waals surface area contributed by atoms with Crippen LogP contribution in [0.15, 0.2) is 29.1 Å².